The largest absolute Gasteiger partial charge is 0.496 e. The fourth-order valence-electron chi connectivity index (χ4n) is 4.81. The number of methoxy groups -OCH3 is 1. The molecule has 1 aromatic heterocycles. The number of anilines is 1. The molecule has 0 radical (unpaired) electrons. The zero-order chi connectivity index (χ0) is 35.1. The average Bonchev–Trinajstić information content (AvgIpc) is 2.98. The minimum Gasteiger partial charge on any atom is -0.496 e. The molecule has 256 valence electrons. The Bertz CT molecular complexity index is 1550. The molecule has 2 heterocycles. The summed E-state index contributed by atoms with van der Waals surface area (Å²) in [6.45, 7) is -2.85. The molecule has 1 aliphatic heterocycles. The minimum absolute atomic E-state index is 0.0312. The molecule has 19 heteroatoms. The number of amides is 1. The highest BCUT2D eigenvalue weighted by Gasteiger charge is 2.52. The van der Waals surface area contributed by atoms with E-state index >= 15 is 0 Å². The lowest BCUT2D eigenvalue weighted by molar-refractivity contribution is -0.190. The number of para-hydroxylation sites is 1. The third-order valence-electron chi connectivity index (χ3n) is 7.06. The smallest absolute Gasteiger partial charge is 0.416 e. The van der Waals surface area contributed by atoms with Crippen molar-refractivity contribution < 1.29 is 62.2 Å². The molecule has 2 atom stereocenters. The van der Waals surface area contributed by atoms with Crippen LogP contribution in [0.1, 0.15) is 27.0 Å². The number of carbonyl (C=O) groups is 1. The Labute approximate surface area is 258 Å². The first-order chi connectivity index (χ1) is 21.6. The molecule has 1 amide bonds. The van der Waals surface area contributed by atoms with Gasteiger partial charge in [-0.3, -0.25) is 10.1 Å². The fraction of sp³-hybridized carbons (Fsp3) is 0.393. The molecule has 0 bridgehead atoms. The topological polar surface area (TPSA) is 70.6 Å². The van der Waals surface area contributed by atoms with Crippen molar-refractivity contribution in [1.82, 2.24) is 20.2 Å². The van der Waals surface area contributed by atoms with Crippen molar-refractivity contribution in [3.63, 3.8) is 0 Å². The van der Waals surface area contributed by atoms with Gasteiger partial charge in [-0.1, -0.05) is 12.1 Å². The molecule has 4 rings (SSSR count). The third kappa shape index (κ3) is 8.17. The van der Waals surface area contributed by atoms with E-state index in [1.54, 1.807) is 0 Å². The van der Waals surface area contributed by atoms with Crippen LogP contribution in [0.2, 0.25) is 0 Å². The summed E-state index contributed by atoms with van der Waals surface area (Å²) in [6, 6.07) is 1.21. The molecular weight excluding hydrogens is 666 g/mol. The summed E-state index contributed by atoms with van der Waals surface area (Å²) in [6.07, 6.45) is -19.7. The van der Waals surface area contributed by atoms with Crippen LogP contribution in [0.5, 0.6) is 5.75 Å². The maximum absolute atomic E-state index is 13.6. The van der Waals surface area contributed by atoms with Gasteiger partial charge in [-0.2, -0.15) is 52.7 Å². The highest BCUT2D eigenvalue weighted by molar-refractivity contribution is 6.00. The number of aromatic nitrogens is 2. The average molecular weight is 690 g/mol. The normalized spacial score (nSPS) is 17.9. The van der Waals surface area contributed by atoms with Crippen molar-refractivity contribution in [1.29, 1.82) is 0 Å². The molecule has 2 aromatic carbocycles. The monoisotopic (exact) mass is 689 g/mol. The van der Waals surface area contributed by atoms with Crippen molar-refractivity contribution in [3.05, 3.63) is 70.9 Å². The summed E-state index contributed by atoms with van der Waals surface area (Å²) in [7, 11) is 2.27. The number of carbonyl (C=O) groups excluding carboxylic acids is 1. The van der Waals surface area contributed by atoms with Gasteiger partial charge in [0.15, 0.2) is 0 Å². The second-order valence-corrected chi connectivity index (χ2v) is 10.5. The molecule has 1 aliphatic rings. The van der Waals surface area contributed by atoms with Gasteiger partial charge in [0, 0.05) is 38.4 Å². The van der Waals surface area contributed by atoms with Gasteiger partial charge in [0.2, 0.25) is 5.95 Å². The van der Waals surface area contributed by atoms with Crippen molar-refractivity contribution >= 4 is 11.9 Å². The van der Waals surface area contributed by atoms with Crippen molar-refractivity contribution in [2.24, 2.45) is 0 Å². The predicted octanol–water partition coefficient (Wildman–Crippen LogP) is 6.73. The van der Waals surface area contributed by atoms with Crippen molar-refractivity contribution in [2.75, 3.05) is 32.1 Å². The number of alkyl halides is 12. The summed E-state index contributed by atoms with van der Waals surface area (Å²) >= 11 is 0. The van der Waals surface area contributed by atoms with Gasteiger partial charge in [0.1, 0.15) is 17.8 Å². The van der Waals surface area contributed by atoms with Gasteiger partial charge in [0.05, 0.1) is 29.5 Å². The lowest BCUT2D eigenvalue weighted by atomic mass is 10.0. The third-order valence-corrected chi connectivity index (χ3v) is 7.06. The second-order valence-electron chi connectivity index (χ2n) is 10.5. The van der Waals surface area contributed by atoms with E-state index in [2.05, 4.69) is 9.97 Å². The molecule has 0 saturated carbocycles. The molecule has 0 spiro atoms. The Morgan fingerprint density at radius 1 is 0.894 bits per heavy atom. The maximum atomic E-state index is 13.6. The number of benzene rings is 2. The van der Waals surface area contributed by atoms with E-state index in [9.17, 15) is 57.5 Å². The van der Waals surface area contributed by atoms with E-state index in [4.69, 9.17) is 4.74 Å². The molecule has 7 nitrogen and oxygen atoms in total. The van der Waals surface area contributed by atoms with Crippen LogP contribution in [0.4, 0.5) is 58.6 Å². The molecule has 3 aromatic rings. The standard InChI is InChI=1S/C28H23F12N5O2/c1-44(11-14-7-15(25(29,30)31)9-16(8-14)26(32,33)34)23(46)18-10-41-24(43-22(18)17-5-3-4-6-19(17)47-2)45-12-20(27(35,36)37)42-21(13-45)28(38,39)40/h3-10,20-21,42H,11-13H2,1-2H3/t20-,21+. The van der Waals surface area contributed by atoms with Crippen LogP contribution in [-0.4, -0.2) is 72.5 Å². The second kappa shape index (κ2) is 12.7. The first kappa shape index (κ1) is 35.6. The molecule has 1 saturated heterocycles. The first-order valence-corrected chi connectivity index (χ1v) is 13.3. The van der Waals surface area contributed by atoms with E-state index in [0.29, 0.717) is 17.0 Å². The quantitative estimate of drug-likeness (QED) is 0.290. The van der Waals surface area contributed by atoms with Crippen molar-refractivity contribution in [3.8, 4) is 17.0 Å². The number of hydrogen-bond acceptors (Lipinski definition) is 6. The molecule has 47 heavy (non-hydrogen) atoms. The molecule has 0 aliphatic carbocycles. The Morgan fingerprint density at radius 3 is 1.91 bits per heavy atom. The number of ether oxygens (including phenoxy) is 1. The SMILES string of the molecule is COc1ccccc1-c1nc(N2C[C@@H](C(F)(F)F)N[C@@H](C(F)(F)F)C2)ncc1C(=O)N(C)Cc1cc(C(F)(F)F)cc(C(F)(F)F)c1. The van der Waals surface area contributed by atoms with Gasteiger partial charge >= 0.3 is 24.7 Å². The summed E-state index contributed by atoms with van der Waals surface area (Å²) in [5.41, 5.74) is -4.51. The number of nitrogens with one attached hydrogen (secondary N) is 1. The highest BCUT2D eigenvalue weighted by atomic mass is 19.4. The van der Waals surface area contributed by atoms with Gasteiger partial charge in [-0.15, -0.1) is 0 Å². The van der Waals surface area contributed by atoms with E-state index in [1.807, 2.05) is 0 Å². The Hall–Kier alpha value is -4.29. The molecular formula is C28H23F12N5O2. The van der Waals surface area contributed by atoms with Crippen LogP contribution in [-0.2, 0) is 18.9 Å². The summed E-state index contributed by atoms with van der Waals surface area (Å²) in [4.78, 5) is 23.0. The van der Waals surface area contributed by atoms with Crippen LogP contribution in [0, 0.1) is 0 Å². The zero-order valence-electron chi connectivity index (χ0n) is 24.0. The number of halogens is 12. The number of hydrogen-bond donors (Lipinski definition) is 1. The van der Waals surface area contributed by atoms with E-state index in [1.165, 1.54) is 36.7 Å². The number of piperazine rings is 1. The van der Waals surface area contributed by atoms with E-state index < -0.39 is 90.5 Å². The molecule has 1 fully saturated rings. The van der Waals surface area contributed by atoms with Crippen LogP contribution >= 0.6 is 0 Å². The van der Waals surface area contributed by atoms with Crippen LogP contribution in [0.15, 0.2) is 48.7 Å². The maximum Gasteiger partial charge on any atom is 0.416 e. The number of rotatable bonds is 6. The highest BCUT2D eigenvalue weighted by Crippen LogP contribution is 2.38. The van der Waals surface area contributed by atoms with Crippen LogP contribution in [0.25, 0.3) is 11.3 Å². The van der Waals surface area contributed by atoms with Gasteiger partial charge in [-0.25, -0.2) is 9.97 Å². The minimum atomic E-state index is -5.15. The Balaban J connectivity index is 1.78. The predicted molar refractivity (Wildman–Crippen MR) is 141 cm³/mol. The molecule has 0 unspecified atom stereocenters. The van der Waals surface area contributed by atoms with Gasteiger partial charge < -0.3 is 14.5 Å². The summed E-state index contributed by atoms with van der Waals surface area (Å²) in [5.74, 6) is -1.61. The van der Waals surface area contributed by atoms with Crippen LogP contribution < -0.4 is 15.0 Å². The van der Waals surface area contributed by atoms with Gasteiger partial charge in [-0.05, 0) is 35.9 Å². The fourth-order valence-corrected chi connectivity index (χ4v) is 4.81. The van der Waals surface area contributed by atoms with Crippen LogP contribution in [0.3, 0.4) is 0 Å². The van der Waals surface area contributed by atoms with E-state index in [0.717, 1.165) is 18.1 Å². The lowest BCUT2D eigenvalue weighted by Crippen LogP contribution is -2.65. The molecule has 1 N–H and O–H groups in total. The van der Waals surface area contributed by atoms with E-state index in [-0.39, 0.29) is 23.1 Å². The van der Waals surface area contributed by atoms with Crippen molar-refractivity contribution in [2.45, 2.75) is 43.3 Å². The summed E-state index contributed by atoms with van der Waals surface area (Å²) < 4.78 is 167. The zero-order valence-corrected chi connectivity index (χ0v) is 24.0. The first-order valence-electron chi connectivity index (χ1n) is 13.3. The Morgan fingerprint density at radius 2 is 1.43 bits per heavy atom. The number of nitrogens with zero attached hydrogens (tertiary/aromatic N) is 4. The lowest BCUT2D eigenvalue weighted by Gasteiger charge is -2.40. The Kier molecular flexibility index (Phi) is 9.63. The summed E-state index contributed by atoms with van der Waals surface area (Å²) in [5, 5.41) is 1.52. The van der Waals surface area contributed by atoms with Gasteiger partial charge in [0.25, 0.3) is 5.91 Å².